The molecule has 0 fully saturated rings. The molecule has 122 valence electrons. The van der Waals surface area contributed by atoms with Crippen molar-refractivity contribution >= 4 is 21.7 Å². The summed E-state index contributed by atoms with van der Waals surface area (Å²) in [6.45, 7) is 6.00. The van der Waals surface area contributed by atoms with Gasteiger partial charge in [0, 0.05) is 15.6 Å². The van der Waals surface area contributed by atoms with Crippen LogP contribution in [0.3, 0.4) is 0 Å². The number of rotatable bonds is 4. The van der Waals surface area contributed by atoms with Crippen LogP contribution in [0.1, 0.15) is 27.0 Å². The van der Waals surface area contributed by atoms with Crippen LogP contribution in [0.2, 0.25) is 0 Å². The van der Waals surface area contributed by atoms with Gasteiger partial charge in [-0.05, 0) is 49.2 Å². The van der Waals surface area contributed by atoms with Crippen molar-refractivity contribution in [3.8, 4) is 11.4 Å². The van der Waals surface area contributed by atoms with Crippen molar-refractivity contribution in [3.05, 3.63) is 63.1 Å². The summed E-state index contributed by atoms with van der Waals surface area (Å²) in [6.07, 6.45) is 0. The van der Waals surface area contributed by atoms with Crippen LogP contribution in [-0.2, 0) is 6.54 Å². The Hall–Kier alpha value is -2.34. The van der Waals surface area contributed by atoms with E-state index in [0.29, 0.717) is 5.82 Å². The van der Waals surface area contributed by atoms with Crippen molar-refractivity contribution < 1.29 is 4.79 Å². The third-order valence-corrected chi connectivity index (χ3v) is 4.50. The summed E-state index contributed by atoms with van der Waals surface area (Å²) in [7, 11) is 0. The number of hydrogen-bond acceptors (Lipinski definition) is 4. The van der Waals surface area contributed by atoms with Gasteiger partial charge in [-0.1, -0.05) is 45.8 Å². The van der Waals surface area contributed by atoms with E-state index in [4.69, 9.17) is 0 Å². The van der Waals surface area contributed by atoms with Gasteiger partial charge in [0.1, 0.15) is 6.54 Å². The van der Waals surface area contributed by atoms with Crippen molar-refractivity contribution in [1.29, 1.82) is 0 Å². The third-order valence-electron chi connectivity index (χ3n) is 3.81. The van der Waals surface area contributed by atoms with Crippen molar-refractivity contribution in [2.45, 2.75) is 27.3 Å². The Balaban J connectivity index is 1.86. The average Bonchev–Trinajstić information content (AvgIpc) is 2.94. The summed E-state index contributed by atoms with van der Waals surface area (Å²) in [5.74, 6) is 0.480. The highest BCUT2D eigenvalue weighted by Gasteiger charge is 2.16. The van der Waals surface area contributed by atoms with E-state index >= 15 is 0 Å². The second kappa shape index (κ2) is 6.65. The van der Waals surface area contributed by atoms with Gasteiger partial charge in [0.25, 0.3) is 0 Å². The van der Waals surface area contributed by atoms with Crippen LogP contribution in [0.4, 0.5) is 0 Å². The molecule has 0 N–H and O–H groups in total. The zero-order valence-corrected chi connectivity index (χ0v) is 15.3. The number of carbonyl (C=O) groups excluding carboxylic acids is 1. The van der Waals surface area contributed by atoms with Gasteiger partial charge in [0.2, 0.25) is 5.82 Å². The largest absolute Gasteiger partial charge is 0.292 e. The molecule has 0 saturated carbocycles. The second-order valence-corrected chi connectivity index (χ2v) is 6.67. The predicted octanol–water partition coefficient (Wildman–Crippen LogP) is 3.91. The van der Waals surface area contributed by atoms with Gasteiger partial charge in [-0.15, -0.1) is 10.2 Å². The van der Waals surface area contributed by atoms with Gasteiger partial charge in [-0.3, -0.25) is 4.79 Å². The Kier molecular flexibility index (Phi) is 4.57. The first-order valence-electron chi connectivity index (χ1n) is 7.59. The Morgan fingerprint density at radius 3 is 2.46 bits per heavy atom. The molecule has 0 aliphatic rings. The van der Waals surface area contributed by atoms with Crippen molar-refractivity contribution in [1.82, 2.24) is 20.2 Å². The van der Waals surface area contributed by atoms with Crippen LogP contribution in [0.5, 0.6) is 0 Å². The molecule has 0 bridgehead atoms. The fourth-order valence-electron chi connectivity index (χ4n) is 2.89. The molecule has 0 aliphatic carbocycles. The maximum Gasteiger partial charge on any atom is 0.206 e. The lowest BCUT2D eigenvalue weighted by molar-refractivity contribution is 0.0960. The summed E-state index contributed by atoms with van der Waals surface area (Å²) in [6, 6.07) is 11.7. The number of ketones is 1. The topological polar surface area (TPSA) is 60.7 Å². The van der Waals surface area contributed by atoms with E-state index in [1.807, 2.05) is 57.2 Å². The molecule has 1 heterocycles. The predicted molar refractivity (Wildman–Crippen MR) is 95.9 cm³/mol. The van der Waals surface area contributed by atoms with Crippen LogP contribution in [0.15, 0.2) is 40.9 Å². The SMILES string of the molecule is Cc1cc(C)c(C(=O)Cn2nnc(-c3ccccc3Br)n2)c(C)c1. The molecule has 3 rings (SSSR count). The minimum atomic E-state index is -0.0129. The van der Waals surface area contributed by atoms with Gasteiger partial charge in [-0.25, -0.2) is 0 Å². The summed E-state index contributed by atoms with van der Waals surface area (Å²) in [4.78, 5) is 14.0. The van der Waals surface area contributed by atoms with E-state index < -0.39 is 0 Å². The highest BCUT2D eigenvalue weighted by atomic mass is 79.9. The molecule has 5 nitrogen and oxygen atoms in total. The molecule has 3 aromatic rings. The zero-order valence-electron chi connectivity index (χ0n) is 13.7. The molecule has 0 unspecified atom stereocenters. The van der Waals surface area contributed by atoms with E-state index in [9.17, 15) is 4.79 Å². The number of carbonyl (C=O) groups is 1. The molecule has 24 heavy (non-hydrogen) atoms. The lowest BCUT2D eigenvalue weighted by Gasteiger charge is -2.09. The standard InChI is InChI=1S/C18H17BrN4O/c1-11-8-12(2)17(13(3)9-11)16(24)10-23-21-18(20-22-23)14-6-4-5-7-15(14)19/h4-9H,10H2,1-3H3. The second-order valence-electron chi connectivity index (χ2n) is 5.82. The first-order chi connectivity index (χ1) is 11.5. The number of aromatic nitrogens is 4. The van der Waals surface area contributed by atoms with Crippen molar-refractivity contribution in [3.63, 3.8) is 0 Å². The van der Waals surface area contributed by atoms with E-state index in [1.54, 1.807) is 0 Å². The van der Waals surface area contributed by atoms with E-state index in [1.165, 1.54) is 4.80 Å². The smallest absolute Gasteiger partial charge is 0.206 e. The number of tetrazole rings is 1. The average molecular weight is 385 g/mol. The fraction of sp³-hybridized carbons (Fsp3) is 0.222. The number of halogens is 1. The lowest BCUT2D eigenvalue weighted by Crippen LogP contribution is -2.15. The maximum absolute atomic E-state index is 12.6. The summed E-state index contributed by atoms with van der Waals surface area (Å²) >= 11 is 3.47. The Bertz CT molecular complexity index is 894. The molecule has 0 radical (unpaired) electrons. The molecule has 0 spiro atoms. The normalized spacial score (nSPS) is 10.8. The summed E-state index contributed by atoms with van der Waals surface area (Å²) in [5, 5.41) is 12.4. The van der Waals surface area contributed by atoms with Crippen molar-refractivity contribution in [2.24, 2.45) is 0 Å². The van der Waals surface area contributed by atoms with Crippen LogP contribution in [0.25, 0.3) is 11.4 Å². The van der Waals surface area contributed by atoms with Gasteiger partial charge in [0.15, 0.2) is 5.78 Å². The molecule has 6 heteroatoms. The summed E-state index contributed by atoms with van der Waals surface area (Å²) in [5.41, 5.74) is 4.68. The monoisotopic (exact) mass is 384 g/mol. The van der Waals surface area contributed by atoms with Crippen LogP contribution < -0.4 is 0 Å². The van der Waals surface area contributed by atoms with Crippen LogP contribution >= 0.6 is 15.9 Å². The molecule has 0 saturated heterocycles. The molecule has 0 atom stereocenters. The molecule has 2 aromatic carbocycles. The Morgan fingerprint density at radius 1 is 1.12 bits per heavy atom. The summed E-state index contributed by atoms with van der Waals surface area (Å²) < 4.78 is 0.890. The highest BCUT2D eigenvalue weighted by molar-refractivity contribution is 9.10. The molecular formula is C18H17BrN4O. The molecule has 0 aliphatic heterocycles. The van der Waals surface area contributed by atoms with E-state index in [-0.39, 0.29) is 12.3 Å². The first-order valence-corrected chi connectivity index (χ1v) is 8.39. The molecule has 1 aromatic heterocycles. The molecular weight excluding hydrogens is 368 g/mol. The number of Topliss-reactive ketones (excluding diaryl/α,β-unsaturated/α-hetero) is 1. The van der Waals surface area contributed by atoms with Gasteiger partial charge in [-0.2, -0.15) is 4.80 Å². The Morgan fingerprint density at radius 2 is 1.79 bits per heavy atom. The first kappa shape index (κ1) is 16.5. The Labute approximate surface area is 148 Å². The number of benzene rings is 2. The van der Waals surface area contributed by atoms with E-state index in [0.717, 1.165) is 32.3 Å². The fourth-order valence-corrected chi connectivity index (χ4v) is 3.35. The number of aryl methyl sites for hydroxylation is 3. The quantitative estimate of drug-likeness (QED) is 0.639. The van der Waals surface area contributed by atoms with Gasteiger partial charge < -0.3 is 0 Å². The molecule has 0 amide bonds. The third kappa shape index (κ3) is 3.28. The van der Waals surface area contributed by atoms with Gasteiger partial charge in [0.05, 0.1) is 0 Å². The zero-order chi connectivity index (χ0) is 17.3. The minimum absolute atomic E-state index is 0.0129. The minimum Gasteiger partial charge on any atom is -0.292 e. The number of hydrogen-bond donors (Lipinski definition) is 0. The van der Waals surface area contributed by atoms with Crippen LogP contribution in [0, 0.1) is 20.8 Å². The van der Waals surface area contributed by atoms with Crippen LogP contribution in [-0.4, -0.2) is 26.0 Å². The van der Waals surface area contributed by atoms with E-state index in [2.05, 4.69) is 31.3 Å². The lowest BCUT2D eigenvalue weighted by atomic mass is 9.97. The maximum atomic E-state index is 12.6. The van der Waals surface area contributed by atoms with Crippen molar-refractivity contribution in [2.75, 3.05) is 0 Å². The van der Waals surface area contributed by atoms with Gasteiger partial charge >= 0.3 is 0 Å². The number of nitrogens with zero attached hydrogens (tertiary/aromatic N) is 4. The highest BCUT2D eigenvalue weighted by Crippen LogP contribution is 2.24.